The molecule has 1 aromatic carbocycles. The van der Waals surface area contributed by atoms with Gasteiger partial charge in [0.2, 0.25) is 15.9 Å². The molecule has 2 amide bonds. The van der Waals surface area contributed by atoms with Crippen molar-refractivity contribution in [3.05, 3.63) is 29.8 Å². The minimum atomic E-state index is -3.88. The minimum absolute atomic E-state index is 0.0497. The van der Waals surface area contributed by atoms with E-state index in [9.17, 15) is 18.0 Å². The summed E-state index contributed by atoms with van der Waals surface area (Å²) < 4.78 is 31.0. The number of sulfonamides is 1. The Balaban J connectivity index is 3.00. The number of hydrogen-bond acceptors (Lipinski definition) is 5. The number of methoxy groups -OCH3 is 1. The summed E-state index contributed by atoms with van der Waals surface area (Å²) in [4.78, 5) is 23.7. The second-order valence-corrected chi connectivity index (χ2v) is 7.54. The van der Waals surface area contributed by atoms with Crippen molar-refractivity contribution < 1.29 is 22.7 Å². The van der Waals surface area contributed by atoms with Crippen LogP contribution in [0.2, 0.25) is 0 Å². The Kier molecular flexibility index (Phi) is 8.01. The summed E-state index contributed by atoms with van der Waals surface area (Å²) in [6.45, 7) is 1.98. The maximum Gasteiger partial charge on any atom is 0.251 e. The van der Waals surface area contributed by atoms with Crippen LogP contribution in [0.1, 0.15) is 23.7 Å². The maximum atomic E-state index is 12.5. The SMILES string of the molecule is CC[C@@H](COC)NC(=O)c1cccc(S(=O)(=O)N(C)CC(=O)NC)c1. The summed E-state index contributed by atoms with van der Waals surface area (Å²) in [7, 11) is 0.406. The number of nitrogens with zero attached hydrogens (tertiary/aromatic N) is 1. The molecule has 2 N–H and O–H groups in total. The molecule has 1 atom stereocenters. The van der Waals surface area contributed by atoms with Gasteiger partial charge in [0.05, 0.1) is 24.1 Å². The number of carbonyl (C=O) groups is 2. The molecule has 0 unspecified atom stereocenters. The molecule has 8 nitrogen and oxygen atoms in total. The number of nitrogens with one attached hydrogen (secondary N) is 2. The van der Waals surface area contributed by atoms with Crippen molar-refractivity contribution in [2.24, 2.45) is 0 Å². The van der Waals surface area contributed by atoms with Crippen molar-refractivity contribution in [3.8, 4) is 0 Å². The van der Waals surface area contributed by atoms with Crippen LogP contribution in [0.25, 0.3) is 0 Å². The lowest BCUT2D eigenvalue weighted by molar-refractivity contribution is -0.120. The van der Waals surface area contributed by atoms with Gasteiger partial charge in [0, 0.05) is 26.8 Å². The van der Waals surface area contributed by atoms with Crippen LogP contribution in [0, 0.1) is 0 Å². The molecule has 0 radical (unpaired) electrons. The number of benzene rings is 1. The first kappa shape index (κ1) is 21.1. The zero-order valence-corrected chi connectivity index (χ0v) is 15.7. The average Bonchev–Trinajstić information content (AvgIpc) is 2.60. The Bertz CT molecular complexity index is 705. The average molecular weight is 371 g/mol. The van der Waals surface area contributed by atoms with Crippen LogP contribution in [0.5, 0.6) is 0 Å². The van der Waals surface area contributed by atoms with Gasteiger partial charge in [-0.15, -0.1) is 0 Å². The molecular formula is C16H25N3O5S. The van der Waals surface area contributed by atoms with Gasteiger partial charge in [0.15, 0.2) is 0 Å². The number of likely N-dealkylation sites (N-methyl/N-ethyl adjacent to an activating group) is 2. The number of hydrogen-bond donors (Lipinski definition) is 2. The Morgan fingerprint density at radius 2 is 2.00 bits per heavy atom. The predicted octanol–water partition coefficient (Wildman–Crippen LogP) is 0.208. The van der Waals surface area contributed by atoms with Gasteiger partial charge in [-0.2, -0.15) is 4.31 Å². The zero-order chi connectivity index (χ0) is 19.0. The summed E-state index contributed by atoms with van der Waals surface area (Å²) in [6.07, 6.45) is 0.687. The van der Waals surface area contributed by atoms with E-state index in [4.69, 9.17) is 4.74 Å². The van der Waals surface area contributed by atoms with E-state index >= 15 is 0 Å². The van der Waals surface area contributed by atoms with Crippen molar-refractivity contribution in [1.29, 1.82) is 0 Å². The fourth-order valence-electron chi connectivity index (χ4n) is 2.08. The smallest absolute Gasteiger partial charge is 0.251 e. The van der Waals surface area contributed by atoms with Crippen LogP contribution in [0.3, 0.4) is 0 Å². The molecule has 140 valence electrons. The van der Waals surface area contributed by atoms with E-state index in [0.717, 1.165) is 4.31 Å². The standard InChI is InChI=1S/C16H25N3O5S/c1-5-13(11-24-4)18-16(21)12-7-6-8-14(9-12)25(22,23)19(3)10-15(20)17-2/h6-9,13H,5,10-11H2,1-4H3,(H,17,20)(H,18,21)/t13-/m0/s1. The van der Waals surface area contributed by atoms with E-state index in [1.165, 1.54) is 38.4 Å². The highest BCUT2D eigenvalue weighted by Gasteiger charge is 2.24. The first-order valence-electron chi connectivity index (χ1n) is 7.83. The lowest BCUT2D eigenvalue weighted by atomic mass is 10.2. The largest absolute Gasteiger partial charge is 0.383 e. The summed E-state index contributed by atoms with van der Waals surface area (Å²) in [5.74, 6) is -0.805. The molecule has 0 fully saturated rings. The van der Waals surface area contributed by atoms with E-state index in [2.05, 4.69) is 10.6 Å². The van der Waals surface area contributed by atoms with Gasteiger partial charge in [0.1, 0.15) is 0 Å². The molecule has 25 heavy (non-hydrogen) atoms. The molecule has 0 heterocycles. The molecule has 0 aliphatic heterocycles. The Labute approximate surface area is 148 Å². The molecule has 1 aromatic rings. The first-order valence-corrected chi connectivity index (χ1v) is 9.27. The Morgan fingerprint density at radius 3 is 2.56 bits per heavy atom. The summed E-state index contributed by atoms with van der Waals surface area (Å²) in [5.41, 5.74) is 0.226. The van der Waals surface area contributed by atoms with Crippen molar-refractivity contribution in [2.75, 3.05) is 34.4 Å². The van der Waals surface area contributed by atoms with Gasteiger partial charge in [-0.05, 0) is 24.6 Å². The molecule has 1 rings (SSSR count). The van der Waals surface area contributed by atoms with E-state index in [1.54, 1.807) is 7.11 Å². The van der Waals surface area contributed by atoms with Gasteiger partial charge in [-0.3, -0.25) is 9.59 Å². The Hall–Kier alpha value is -1.97. The molecule has 0 aliphatic carbocycles. The molecule has 0 aromatic heterocycles. The number of carbonyl (C=O) groups excluding carboxylic acids is 2. The van der Waals surface area contributed by atoms with Gasteiger partial charge in [-0.25, -0.2) is 8.42 Å². The van der Waals surface area contributed by atoms with Crippen LogP contribution < -0.4 is 10.6 Å². The monoisotopic (exact) mass is 371 g/mol. The molecule has 0 spiro atoms. The van der Waals surface area contributed by atoms with E-state index in [1.807, 2.05) is 6.92 Å². The van der Waals surface area contributed by atoms with E-state index in [0.29, 0.717) is 13.0 Å². The van der Waals surface area contributed by atoms with Crippen LogP contribution in [0.4, 0.5) is 0 Å². The summed E-state index contributed by atoms with van der Waals surface area (Å²) in [6, 6.07) is 5.55. The normalized spacial score (nSPS) is 12.7. The predicted molar refractivity (Wildman–Crippen MR) is 93.7 cm³/mol. The third-order valence-corrected chi connectivity index (χ3v) is 5.44. The van der Waals surface area contributed by atoms with Crippen LogP contribution in [-0.4, -0.2) is 64.9 Å². The Morgan fingerprint density at radius 1 is 1.32 bits per heavy atom. The second kappa shape index (κ2) is 9.50. The van der Waals surface area contributed by atoms with Gasteiger partial charge in [-0.1, -0.05) is 13.0 Å². The van der Waals surface area contributed by atoms with Gasteiger partial charge < -0.3 is 15.4 Å². The topological polar surface area (TPSA) is 105 Å². The second-order valence-electron chi connectivity index (χ2n) is 5.50. The summed E-state index contributed by atoms with van der Waals surface area (Å²) in [5, 5.41) is 5.16. The van der Waals surface area contributed by atoms with Crippen molar-refractivity contribution in [3.63, 3.8) is 0 Å². The number of amides is 2. The third kappa shape index (κ3) is 5.80. The fourth-order valence-corrected chi connectivity index (χ4v) is 3.25. The van der Waals surface area contributed by atoms with Crippen molar-refractivity contribution >= 4 is 21.8 Å². The van der Waals surface area contributed by atoms with E-state index < -0.39 is 15.9 Å². The molecule has 9 heteroatoms. The lowest BCUT2D eigenvalue weighted by Gasteiger charge is -2.18. The molecule has 0 saturated carbocycles. The molecule has 0 saturated heterocycles. The van der Waals surface area contributed by atoms with Crippen molar-refractivity contribution in [1.82, 2.24) is 14.9 Å². The van der Waals surface area contributed by atoms with Crippen LogP contribution in [-0.2, 0) is 19.6 Å². The van der Waals surface area contributed by atoms with Crippen molar-refractivity contribution in [2.45, 2.75) is 24.3 Å². The highest BCUT2D eigenvalue weighted by Crippen LogP contribution is 2.16. The molecule has 0 bridgehead atoms. The quantitative estimate of drug-likeness (QED) is 0.646. The highest BCUT2D eigenvalue weighted by molar-refractivity contribution is 7.89. The lowest BCUT2D eigenvalue weighted by Crippen LogP contribution is -2.38. The third-order valence-electron chi connectivity index (χ3n) is 3.65. The van der Waals surface area contributed by atoms with Crippen LogP contribution in [0.15, 0.2) is 29.2 Å². The zero-order valence-electron chi connectivity index (χ0n) is 14.9. The van der Waals surface area contributed by atoms with Crippen LogP contribution >= 0.6 is 0 Å². The molecular weight excluding hydrogens is 346 g/mol. The number of ether oxygens (including phenoxy) is 1. The van der Waals surface area contributed by atoms with Gasteiger partial charge in [0.25, 0.3) is 5.91 Å². The maximum absolute atomic E-state index is 12.5. The van der Waals surface area contributed by atoms with Gasteiger partial charge >= 0.3 is 0 Å². The molecule has 0 aliphatic rings. The number of rotatable bonds is 9. The summed E-state index contributed by atoms with van der Waals surface area (Å²) >= 11 is 0. The fraction of sp³-hybridized carbons (Fsp3) is 0.500. The minimum Gasteiger partial charge on any atom is -0.383 e. The van der Waals surface area contributed by atoms with E-state index in [-0.39, 0.29) is 29.0 Å². The highest BCUT2D eigenvalue weighted by atomic mass is 32.2. The first-order chi connectivity index (χ1) is 11.8.